The highest BCUT2D eigenvalue weighted by atomic mass is 16.5. The largest absolute Gasteiger partial charge is 0.494 e. The third-order valence-corrected chi connectivity index (χ3v) is 3.59. The fourth-order valence-corrected chi connectivity index (χ4v) is 2.52. The van der Waals surface area contributed by atoms with Crippen LogP contribution in [-0.2, 0) is 6.42 Å². The highest BCUT2D eigenvalue weighted by molar-refractivity contribution is 5.38. The molecule has 1 atom stereocenters. The number of hydrogen-bond donors (Lipinski definition) is 1. The highest BCUT2D eigenvalue weighted by Gasteiger charge is 2.18. The lowest BCUT2D eigenvalue weighted by molar-refractivity contribution is 0.156. The van der Waals surface area contributed by atoms with Crippen LogP contribution in [0.5, 0.6) is 5.75 Å². The molecule has 0 heterocycles. The quantitative estimate of drug-likeness (QED) is 0.801. The average Bonchev–Trinajstić information content (AvgIpc) is 2.35. The van der Waals surface area contributed by atoms with E-state index >= 15 is 0 Å². The molecule has 2 rings (SSSR count). The van der Waals surface area contributed by atoms with E-state index in [1.54, 1.807) is 0 Å². The summed E-state index contributed by atoms with van der Waals surface area (Å²) in [7, 11) is 0. The molecule has 100 valence electrons. The van der Waals surface area contributed by atoms with Crippen LogP contribution >= 0.6 is 0 Å². The van der Waals surface area contributed by atoms with Crippen LogP contribution in [-0.4, -0.2) is 11.7 Å². The van der Waals surface area contributed by atoms with Gasteiger partial charge in [-0.3, -0.25) is 0 Å². The lowest BCUT2D eigenvalue weighted by Gasteiger charge is -2.22. The fraction of sp³-hybridized carbons (Fsp3) is 0.625. The van der Waals surface area contributed by atoms with Crippen LogP contribution in [0.2, 0.25) is 0 Å². The van der Waals surface area contributed by atoms with Gasteiger partial charge in [-0.25, -0.2) is 0 Å². The monoisotopic (exact) mass is 248 g/mol. The molecule has 1 N–H and O–H groups in total. The molecule has 0 spiro atoms. The number of aryl methyl sites for hydroxylation is 1. The van der Waals surface area contributed by atoms with Gasteiger partial charge in [0.25, 0.3) is 0 Å². The number of aliphatic hydroxyl groups excluding tert-OH is 1. The van der Waals surface area contributed by atoms with Crippen molar-refractivity contribution < 1.29 is 9.84 Å². The highest BCUT2D eigenvalue weighted by Crippen LogP contribution is 2.32. The molecule has 1 aliphatic rings. The number of benzene rings is 1. The average molecular weight is 248 g/mol. The predicted octanol–water partition coefficient (Wildman–Crippen LogP) is 3.87. The van der Waals surface area contributed by atoms with Crippen molar-refractivity contribution in [1.82, 2.24) is 0 Å². The van der Waals surface area contributed by atoms with Gasteiger partial charge in [-0.2, -0.15) is 0 Å². The van der Waals surface area contributed by atoms with Crippen molar-refractivity contribution in [1.29, 1.82) is 0 Å². The number of rotatable bonds is 5. The molecular weight excluding hydrogens is 224 g/mol. The molecule has 0 saturated carbocycles. The van der Waals surface area contributed by atoms with Crippen molar-refractivity contribution >= 4 is 0 Å². The van der Waals surface area contributed by atoms with E-state index in [2.05, 4.69) is 19.9 Å². The molecule has 0 amide bonds. The Morgan fingerprint density at radius 3 is 3.00 bits per heavy atom. The summed E-state index contributed by atoms with van der Waals surface area (Å²) in [5.41, 5.74) is 2.35. The molecule has 0 radical (unpaired) electrons. The third-order valence-electron chi connectivity index (χ3n) is 3.59. The summed E-state index contributed by atoms with van der Waals surface area (Å²) in [4.78, 5) is 0. The summed E-state index contributed by atoms with van der Waals surface area (Å²) < 4.78 is 5.76. The van der Waals surface area contributed by atoms with Gasteiger partial charge < -0.3 is 9.84 Å². The summed E-state index contributed by atoms with van der Waals surface area (Å²) in [5, 5.41) is 9.97. The molecule has 1 aromatic carbocycles. The van der Waals surface area contributed by atoms with E-state index in [-0.39, 0.29) is 6.10 Å². The number of fused-ring (bicyclic) bond motifs is 1. The normalized spacial score (nSPS) is 18.8. The molecule has 0 saturated heterocycles. The molecule has 1 unspecified atom stereocenters. The van der Waals surface area contributed by atoms with Crippen molar-refractivity contribution in [3.05, 3.63) is 29.3 Å². The zero-order valence-corrected chi connectivity index (χ0v) is 11.5. The summed E-state index contributed by atoms with van der Waals surface area (Å²) in [6.07, 6.45) is 5.05. The van der Waals surface area contributed by atoms with Crippen LogP contribution in [0.1, 0.15) is 56.8 Å². The fourth-order valence-electron chi connectivity index (χ4n) is 2.52. The van der Waals surface area contributed by atoms with E-state index in [0.29, 0.717) is 0 Å². The standard InChI is InChI=1S/C16H24O2/c1-12(2)5-4-10-18-14-9-8-13-6-3-7-16(17)15(13)11-14/h8-9,11-12,16-17H,3-7,10H2,1-2H3. The molecule has 2 nitrogen and oxygen atoms in total. The first-order valence-electron chi connectivity index (χ1n) is 7.10. The number of ether oxygens (including phenoxy) is 1. The maximum atomic E-state index is 9.97. The Labute approximate surface area is 110 Å². The minimum absolute atomic E-state index is 0.298. The van der Waals surface area contributed by atoms with E-state index in [9.17, 15) is 5.11 Å². The van der Waals surface area contributed by atoms with Crippen LogP contribution in [0.15, 0.2) is 18.2 Å². The van der Waals surface area contributed by atoms with E-state index in [4.69, 9.17) is 4.74 Å². The van der Waals surface area contributed by atoms with E-state index in [1.165, 1.54) is 12.0 Å². The van der Waals surface area contributed by atoms with Crippen molar-refractivity contribution in [2.45, 2.75) is 52.1 Å². The maximum absolute atomic E-state index is 9.97. The summed E-state index contributed by atoms with van der Waals surface area (Å²) in [6.45, 7) is 5.23. The van der Waals surface area contributed by atoms with Gasteiger partial charge in [-0.1, -0.05) is 19.9 Å². The Bertz CT molecular complexity index is 385. The van der Waals surface area contributed by atoms with E-state index in [0.717, 1.165) is 49.5 Å². The first-order valence-corrected chi connectivity index (χ1v) is 7.10. The summed E-state index contributed by atoms with van der Waals surface area (Å²) >= 11 is 0. The number of aliphatic hydroxyl groups is 1. The van der Waals surface area contributed by atoms with Crippen LogP contribution in [0.3, 0.4) is 0 Å². The lowest BCUT2D eigenvalue weighted by Crippen LogP contribution is -2.09. The van der Waals surface area contributed by atoms with Gasteiger partial charge in [0, 0.05) is 0 Å². The smallest absolute Gasteiger partial charge is 0.119 e. The Kier molecular flexibility index (Phi) is 4.65. The molecule has 2 heteroatoms. The van der Waals surface area contributed by atoms with Crippen molar-refractivity contribution in [2.75, 3.05) is 6.61 Å². The van der Waals surface area contributed by atoms with Crippen molar-refractivity contribution in [3.8, 4) is 5.75 Å². The first kappa shape index (κ1) is 13.4. The Balaban J connectivity index is 1.92. The van der Waals surface area contributed by atoms with Crippen LogP contribution in [0, 0.1) is 5.92 Å². The second kappa shape index (κ2) is 6.24. The van der Waals surface area contributed by atoms with Gasteiger partial charge in [-0.15, -0.1) is 0 Å². The molecule has 0 aliphatic heterocycles. The molecule has 0 bridgehead atoms. The van der Waals surface area contributed by atoms with Gasteiger partial charge in [0.05, 0.1) is 12.7 Å². The predicted molar refractivity (Wildman–Crippen MR) is 73.9 cm³/mol. The van der Waals surface area contributed by atoms with Gasteiger partial charge >= 0.3 is 0 Å². The first-order chi connectivity index (χ1) is 8.66. The molecule has 0 aromatic heterocycles. The van der Waals surface area contributed by atoms with Gasteiger partial charge in [0.1, 0.15) is 5.75 Å². The van der Waals surface area contributed by atoms with Gasteiger partial charge in [0.2, 0.25) is 0 Å². The van der Waals surface area contributed by atoms with Crippen molar-refractivity contribution in [3.63, 3.8) is 0 Å². The minimum Gasteiger partial charge on any atom is -0.494 e. The second-order valence-corrected chi connectivity index (χ2v) is 5.65. The zero-order chi connectivity index (χ0) is 13.0. The van der Waals surface area contributed by atoms with Crippen LogP contribution in [0.4, 0.5) is 0 Å². The summed E-state index contributed by atoms with van der Waals surface area (Å²) in [6, 6.07) is 6.16. The summed E-state index contributed by atoms with van der Waals surface area (Å²) in [5.74, 6) is 1.64. The van der Waals surface area contributed by atoms with Gasteiger partial charge in [-0.05, 0) is 61.3 Å². The molecule has 0 fully saturated rings. The van der Waals surface area contributed by atoms with E-state index < -0.39 is 0 Å². The maximum Gasteiger partial charge on any atom is 0.119 e. The van der Waals surface area contributed by atoms with E-state index in [1.807, 2.05) is 12.1 Å². The second-order valence-electron chi connectivity index (χ2n) is 5.65. The van der Waals surface area contributed by atoms with Crippen LogP contribution < -0.4 is 4.74 Å². The zero-order valence-electron chi connectivity index (χ0n) is 11.5. The Hall–Kier alpha value is -1.02. The molecule has 18 heavy (non-hydrogen) atoms. The Morgan fingerprint density at radius 2 is 2.22 bits per heavy atom. The topological polar surface area (TPSA) is 29.5 Å². The number of hydrogen-bond acceptors (Lipinski definition) is 2. The van der Waals surface area contributed by atoms with Crippen molar-refractivity contribution in [2.24, 2.45) is 5.92 Å². The SMILES string of the molecule is CC(C)CCCOc1ccc2c(c1)C(O)CCC2. The molecule has 1 aromatic rings. The lowest BCUT2D eigenvalue weighted by atomic mass is 9.89. The van der Waals surface area contributed by atoms with Gasteiger partial charge in [0.15, 0.2) is 0 Å². The third kappa shape index (κ3) is 3.49. The van der Waals surface area contributed by atoms with Crippen LogP contribution in [0.25, 0.3) is 0 Å². The minimum atomic E-state index is -0.298. The molecule has 1 aliphatic carbocycles. The Morgan fingerprint density at radius 1 is 1.39 bits per heavy atom. The molecular formula is C16H24O2.